The van der Waals surface area contributed by atoms with E-state index in [4.69, 9.17) is 11.6 Å². The van der Waals surface area contributed by atoms with Gasteiger partial charge in [0, 0.05) is 6.54 Å². The molecule has 1 unspecified atom stereocenters. The standard InChI is InChI=1S/C11H12ClF3N2O2S/c12-9-4-7(11(13,14)15)5-10(17-9)16-6-8-2-1-3-20(8,18)19/h4-5,8H,1-3,6H2,(H,16,17). The van der Waals surface area contributed by atoms with Crippen LogP contribution in [-0.4, -0.2) is 30.9 Å². The zero-order valence-electron chi connectivity index (χ0n) is 10.2. The van der Waals surface area contributed by atoms with Gasteiger partial charge in [-0.25, -0.2) is 13.4 Å². The highest BCUT2D eigenvalue weighted by Gasteiger charge is 2.33. The molecule has 1 atom stereocenters. The van der Waals surface area contributed by atoms with Gasteiger partial charge in [-0.3, -0.25) is 0 Å². The first-order valence-electron chi connectivity index (χ1n) is 5.89. The lowest BCUT2D eigenvalue weighted by Gasteiger charge is -2.13. The molecule has 2 rings (SSSR count). The van der Waals surface area contributed by atoms with E-state index in [-0.39, 0.29) is 23.3 Å². The Morgan fingerprint density at radius 1 is 1.40 bits per heavy atom. The van der Waals surface area contributed by atoms with E-state index >= 15 is 0 Å². The molecule has 0 saturated carbocycles. The molecule has 4 nitrogen and oxygen atoms in total. The Labute approximate surface area is 119 Å². The van der Waals surface area contributed by atoms with E-state index in [1.165, 1.54) is 0 Å². The predicted octanol–water partition coefficient (Wildman–Crippen LogP) is 2.74. The normalized spacial score (nSPS) is 21.9. The van der Waals surface area contributed by atoms with Crippen LogP contribution < -0.4 is 5.32 Å². The maximum atomic E-state index is 12.6. The zero-order valence-corrected chi connectivity index (χ0v) is 11.8. The summed E-state index contributed by atoms with van der Waals surface area (Å²) >= 11 is 5.54. The quantitative estimate of drug-likeness (QED) is 0.867. The van der Waals surface area contributed by atoms with Crippen molar-refractivity contribution in [2.75, 3.05) is 17.6 Å². The van der Waals surface area contributed by atoms with Gasteiger partial charge in [-0.2, -0.15) is 13.2 Å². The second-order valence-electron chi connectivity index (χ2n) is 4.57. The molecule has 1 aliphatic rings. The first-order chi connectivity index (χ1) is 9.18. The number of halogens is 4. The molecule has 0 radical (unpaired) electrons. The predicted molar refractivity (Wildman–Crippen MR) is 69.5 cm³/mol. The van der Waals surface area contributed by atoms with Crippen LogP contribution in [0.2, 0.25) is 5.15 Å². The maximum Gasteiger partial charge on any atom is 0.416 e. The van der Waals surface area contributed by atoms with Crippen LogP contribution in [0.15, 0.2) is 12.1 Å². The highest BCUT2D eigenvalue weighted by atomic mass is 35.5. The first kappa shape index (κ1) is 15.4. The molecular weight excluding hydrogens is 317 g/mol. The fourth-order valence-corrected chi connectivity index (χ4v) is 4.03. The summed E-state index contributed by atoms with van der Waals surface area (Å²) in [6.07, 6.45) is -3.45. The minimum atomic E-state index is -4.53. The van der Waals surface area contributed by atoms with Crippen molar-refractivity contribution in [2.24, 2.45) is 0 Å². The molecule has 2 heterocycles. The highest BCUT2D eigenvalue weighted by molar-refractivity contribution is 7.92. The summed E-state index contributed by atoms with van der Waals surface area (Å²) in [6.45, 7) is 0.0347. The number of alkyl halides is 3. The summed E-state index contributed by atoms with van der Waals surface area (Å²) in [5.41, 5.74) is -0.922. The number of hydrogen-bond acceptors (Lipinski definition) is 4. The van der Waals surface area contributed by atoms with E-state index in [2.05, 4.69) is 10.3 Å². The van der Waals surface area contributed by atoms with Gasteiger partial charge in [-0.1, -0.05) is 11.6 Å². The van der Waals surface area contributed by atoms with Gasteiger partial charge in [0.2, 0.25) is 0 Å². The number of nitrogens with one attached hydrogen (secondary N) is 1. The summed E-state index contributed by atoms with van der Waals surface area (Å²) < 4.78 is 61.0. The number of pyridine rings is 1. The number of nitrogens with zero attached hydrogens (tertiary/aromatic N) is 1. The Hall–Kier alpha value is -1.02. The van der Waals surface area contributed by atoms with Crippen LogP contribution in [-0.2, 0) is 16.0 Å². The van der Waals surface area contributed by atoms with Crippen LogP contribution in [0.4, 0.5) is 19.0 Å². The molecule has 112 valence electrons. The summed E-state index contributed by atoms with van der Waals surface area (Å²) in [4.78, 5) is 3.72. The van der Waals surface area contributed by atoms with Crippen molar-refractivity contribution in [1.82, 2.24) is 4.98 Å². The van der Waals surface area contributed by atoms with Gasteiger partial charge >= 0.3 is 6.18 Å². The van der Waals surface area contributed by atoms with Gasteiger partial charge in [0.1, 0.15) is 11.0 Å². The van der Waals surface area contributed by atoms with Gasteiger partial charge in [0.05, 0.1) is 16.6 Å². The third kappa shape index (κ3) is 3.54. The maximum absolute atomic E-state index is 12.6. The molecule has 1 aliphatic heterocycles. The average molecular weight is 329 g/mol. The van der Waals surface area contributed by atoms with Crippen molar-refractivity contribution in [3.63, 3.8) is 0 Å². The van der Waals surface area contributed by atoms with E-state index in [0.29, 0.717) is 12.8 Å². The van der Waals surface area contributed by atoms with E-state index in [1.807, 2.05) is 0 Å². The van der Waals surface area contributed by atoms with Crippen LogP contribution in [0.25, 0.3) is 0 Å². The number of rotatable bonds is 3. The summed E-state index contributed by atoms with van der Waals surface area (Å²) in [5, 5.41) is 1.74. The monoisotopic (exact) mass is 328 g/mol. The highest BCUT2D eigenvalue weighted by Crippen LogP contribution is 2.32. The molecule has 1 aromatic heterocycles. The lowest BCUT2D eigenvalue weighted by Crippen LogP contribution is -2.25. The Morgan fingerprint density at radius 2 is 2.10 bits per heavy atom. The summed E-state index contributed by atoms with van der Waals surface area (Å²) in [6, 6.07) is 1.53. The molecule has 1 fully saturated rings. The molecule has 1 aromatic rings. The van der Waals surface area contributed by atoms with Crippen LogP contribution in [0.5, 0.6) is 0 Å². The van der Waals surface area contributed by atoms with Crippen molar-refractivity contribution >= 4 is 27.3 Å². The average Bonchev–Trinajstić information content (AvgIpc) is 2.64. The van der Waals surface area contributed by atoms with Crippen LogP contribution in [0.1, 0.15) is 18.4 Å². The molecule has 9 heteroatoms. The number of sulfone groups is 1. The largest absolute Gasteiger partial charge is 0.416 e. The van der Waals surface area contributed by atoms with Gasteiger partial charge in [-0.05, 0) is 25.0 Å². The minimum absolute atomic E-state index is 0.0347. The number of aromatic nitrogens is 1. The third-order valence-corrected chi connectivity index (χ3v) is 5.56. The van der Waals surface area contributed by atoms with E-state index in [9.17, 15) is 21.6 Å². The van der Waals surface area contributed by atoms with Crippen LogP contribution >= 0.6 is 11.6 Å². The molecule has 0 aromatic carbocycles. The van der Waals surface area contributed by atoms with Crippen molar-refractivity contribution in [3.8, 4) is 0 Å². The lowest BCUT2D eigenvalue weighted by atomic mass is 10.2. The van der Waals surface area contributed by atoms with Gasteiger partial charge in [0.25, 0.3) is 0 Å². The second kappa shape index (κ2) is 5.40. The topological polar surface area (TPSA) is 59.1 Å². The van der Waals surface area contributed by atoms with Crippen molar-refractivity contribution in [3.05, 3.63) is 22.8 Å². The molecular formula is C11H12ClF3N2O2S. The van der Waals surface area contributed by atoms with Crippen LogP contribution in [0, 0.1) is 0 Å². The fraction of sp³-hybridized carbons (Fsp3) is 0.545. The van der Waals surface area contributed by atoms with Crippen LogP contribution in [0.3, 0.4) is 0 Å². The molecule has 0 aliphatic carbocycles. The minimum Gasteiger partial charge on any atom is -0.369 e. The lowest BCUT2D eigenvalue weighted by molar-refractivity contribution is -0.137. The number of anilines is 1. The molecule has 1 saturated heterocycles. The van der Waals surface area contributed by atoms with E-state index in [0.717, 1.165) is 12.1 Å². The van der Waals surface area contributed by atoms with Crippen molar-refractivity contribution < 1.29 is 21.6 Å². The fourth-order valence-electron chi connectivity index (χ4n) is 2.06. The van der Waals surface area contributed by atoms with Crippen molar-refractivity contribution in [2.45, 2.75) is 24.3 Å². The molecule has 0 amide bonds. The molecule has 0 bridgehead atoms. The zero-order chi connectivity index (χ0) is 15.0. The third-order valence-electron chi connectivity index (χ3n) is 3.10. The molecule has 1 N–H and O–H groups in total. The number of hydrogen-bond donors (Lipinski definition) is 1. The Kier molecular flexibility index (Phi) is 4.15. The van der Waals surface area contributed by atoms with Gasteiger partial charge < -0.3 is 5.32 Å². The Balaban J connectivity index is 2.12. The van der Waals surface area contributed by atoms with E-state index < -0.39 is 26.8 Å². The van der Waals surface area contributed by atoms with Gasteiger partial charge in [-0.15, -0.1) is 0 Å². The Morgan fingerprint density at radius 3 is 2.65 bits per heavy atom. The molecule has 0 spiro atoms. The second-order valence-corrected chi connectivity index (χ2v) is 7.36. The SMILES string of the molecule is O=S1(=O)CCCC1CNc1cc(C(F)(F)F)cc(Cl)n1. The van der Waals surface area contributed by atoms with Crippen molar-refractivity contribution in [1.29, 1.82) is 0 Å². The smallest absolute Gasteiger partial charge is 0.369 e. The summed E-state index contributed by atoms with van der Waals surface area (Å²) in [7, 11) is -3.15. The summed E-state index contributed by atoms with van der Waals surface area (Å²) in [5.74, 6) is 0.0442. The van der Waals surface area contributed by atoms with E-state index in [1.54, 1.807) is 0 Å². The van der Waals surface area contributed by atoms with Gasteiger partial charge in [0.15, 0.2) is 9.84 Å². The Bertz CT molecular complexity index is 604. The molecule has 20 heavy (non-hydrogen) atoms. The first-order valence-corrected chi connectivity index (χ1v) is 7.98.